The van der Waals surface area contributed by atoms with Crippen molar-refractivity contribution in [2.75, 3.05) is 51.8 Å². The molecule has 0 amide bonds. The van der Waals surface area contributed by atoms with Crippen molar-refractivity contribution in [3.63, 3.8) is 0 Å². The fourth-order valence-corrected chi connectivity index (χ4v) is 5.56. The van der Waals surface area contributed by atoms with Crippen molar-refractivity contribution in [1.29, 1.82) is 0 Å². The Morgan fingerprint density at radius 3 is 2.38 bits per heavy atom. The first-order chi connectivity index (χ1) is 16.7. The van der Waals surface area contributed by atoms with Gasteiger partial charge in [0.15, 0.2) is 0 Å². The second-order valence-corrected chi connectivity index (χ2v) is 9.40. The number of para-hydroxylation sites is 2. The molecule has 1 atom stereocenters. The van der Waals surface area contributed by atoms with Crippen molar-refractivity contribution in [1.82, 2.24) is 4.90 Å². The van der Waals surface area contributed by atoms with Crippen LogP contribution in [0.4, 0.5) is 10.1 Å². The van der Waals surface area contributed by atoms with E-state index in [2.05, 4.69) is 27.1 Å². The molecule has 0 radical (unpaired) electrons. The van der Waals surface area contributed by atoms with E-state index in [1.165, 1.54) is 19.3 Å². The number of nitrogens with zero attached hydrogens (tertiary/aromatic N) is 3. The lowest BCUT2D eigenvalue weighted by molar-refractivity contribution is 0.206. The maximum atomic E-state index is 15.0. The van der Waals surface area contributed by atoms with Crippen molar-refractivity contribution in [2.24, 2.45) is 11.1 Å². The van der Waals surface area contributed by atoms with Gasteiger partial charge in [-0.05, 0) is 49.6 Å². The lowest BCUT2D eigenvalue weighted by Crippen LogP contribution is -2.47. The van der Waals surface area contributed by atoms with E-state index in [0.29, 0.717) is 5.92 Å². The van der Waals surface area contributed by atoms with Crippen LogP contribution in [-0.4, -0.2) is 57.6 Å². The van der Waals surface area contributed by atoms with Crippen molar-refractivity contribution in [2.45, 2.75) is 44.4 Å². The fourth-order valence-electron chi connectivity index (χ4n) is 5.56. The smallest absolute Gasteiger partial charge is 0.142 e. The van der Waals surface area contributed by atoms with E-state index < -0.39 is 0 Å². The normalized spacial score (nSPS) is 19.1. The molecular formula is C28H38FN3O2. The van der Waals surface area contributed by atoms with Gasteiger partial charge in [-0.2, -0.15) is 0 Å². The number of methoxy groups -OCH3 is 1. The van der Waals surface area contributed by atoms with Gasteiger partial charge in [0.25, 0.3) is 0 Å². The monoisotopic (exact) mass is 467 g/mol. The molecule has 2 fully saturated rings. The molecular weight excluding hydrogens is 429 g/mol. The van der Waals surface area contributed by atoms with Gasteiger partial charge in [0.1, 0.15) is 18.7 Å². The summed E-state index contributed by atoms with van der Waals surface area (Å²) in [6, 6.07) is 15.4. The van der Waals surface area contributed by atoms with Crippen LogP contribution < -0.4 is 9.64 Å². The Bertz CT molecular complexity index is 937. The lowest BCUT2D eigenvalue weighted by atomic mass is 9.77. The Labute approximate surface area is 203 Å². The van der Waals surface area contributed by atoms with Crippen LogP contribution in [0.1, 0.15) is 50.0 Å². The van der Waals surface area contributed by atoms with Gasteiger partial charge in [-0.3, -0.25) is 4.90 Å². The molecule has 5 nitrogen and oxygen atoms in total. The summed E-state index contributed by atoms with van der Waals surface area (Å²) in [5.41, 5.74) is 2.93. The molecule has 1 unspecified atom stereocenters. The molecule has 6 heteroatoms. The Kier molecular flexibility index (Phi) is 8.80. The summed E-state index contributed by atoms with van der Waals surface area (Å²) < 4.78 is 20.5. The minimum atomic E-state index is -0.145. The minimum absolute atomic E-state index is 0.0588. The van der Waals surface area contributed by atoms with Gasteiger partial charge < -0.3 is 14.5 Å². The van der Waals surface area contributed by atoms with Crippen LogP contribution in [0.3, 0.4) is 0 Å². The molecule has 2 aromatic carbocycles. The number of hydrogen-bond donors (Lipinski definition) is 0. The van der Waals surface area contributed by atoms with Crippen molar-refractivity contribution >= 4 is 11.4 Å². The Balaban J connectivity index is 1.45. The highest BCUT2D eigenvalue weighted by Crippen LogP contribution is 2.35. The molecule has 0 aromatic heterocycles. The van der Waals surface area contributed by atoms with E-state index in [9.17, 15) is 4.39 Å². The number of halogens is 1. The standard InChI is InChI=1S/C28H38FN3O2/c1-33-27-15-9-8-14-26(27)32-20-18-31(19-21-32)17-16-24(23-12-6-7-13-25(23)29)28(30-34-2)22-10-4-3-5-11-22/h6-9,12-15,22,24H,3-5,10-11,16-21H2,1-2H3/b30-28+. The predicted octanol–water partition coefficient (Wildman–Crippen LogP) is 5.71. The van der Waals surface area contributed by atoms with Gasteiger partial charge in [0.2, 0.25) is 0 Å². The maximum absolute atomic E-state index is 15.0. The number of rotatable bonds is 9. The number of piperazine rings is 1. The van der Waals surface area contributed by atoms with E-state index >= 15 is 0 Å². The SMILES string of the molecule is CO/N=C(\C1CCCCC1)C(CCN1CCN(c2ccccc2OC)CC1)c1ccccc1F. The molecule has 1 heterocycles. The summed E-state index contributed by atoms with van der Waals surface area (Å²) in [6.45, 7) is 4.76. The Hall–Kier alpha value is -2.60. The lowest BCUT2D eigenvalue weighted by Gasteiger charge is -2.37. The van der Waals surface area contributed by atoms with Crippen LogP contribution >= 0.6 is 0 Å². The van der Waals surface area contributed by atoms with E-state index in [1.54, 1.807) is 26.4 Å². The second kappa shape index (κ2) is 12.2. The first kappa shape index (κ1) is 24.5. The summed E-state index contributed by atoms with van der Waals surface area (Å²) in [6.07, 6.45) is 6.77. The third-order valence-electron chi connectivity index (χ3n) is 7.39. The minimum Gasteiger partial charge on any atom is -0.495 e. The summed E-state index contributed by atoms with van der Waals surface area (Å²) in [7, 11) is 3.34. The van der Waals surface area contributed by atoms with Crippen molar-refractivity contribution < 1.29 is 14.0 Å². The zero-order valence-electron chi connectivity index (χ0n) is 20.6. The van der Waals surface area contributed by atoms with Gasteiger partial charge in [-0.15, -0.1) is 0 Å². The molecule has 2 aromatic rings. The first-order valence-corrected chi connectivity index (χ1v) is 12.7. The predicted molar refractivity (Wildman–Crippen MR) is 136 cm³/mol. The van der Waals surface area contributed by atoms with E-state index in [1.807, 2.05) is 24.3 Å². The zero-order valence-corrected chi connectivity index (χ0v) is 20.6. The van der Waals surface area contributed by atoms with Crippen LogP contribution in [0.5, 0.6) is 5.75 Å². The topological polar surface area (TPSA) is 37.3 Å². The molecule has 0 bridgehead atoms. The fraction of sp³-hybridized carbons (Fsp3) is 0.536. The number of hydrogen-bond acceptors (Lipinski definition) is 5. The second-order valence-electron chi connectivity index (χ2n) is 9.40. The molecule has 1 saturated carbocycles. The van der Waals surface area contributed by atoms with E-state index in [-0.39, 0.29) is 11.7 Å². The third-order valence-corrected chi connectivity index (χ3v) is 7.39. The van der Waals surface area contributed by atoms with Gasteiger partial charge in [-0.25, -0.2) is 4.39 Å². The molecule has 0 spiro atoms. The average molecular weight is 468 g/mol. The van der Waals surface area contributed by atoms with Gasteiger partial charge >= 0.3 is 0 Å². The van der Waals surface area contributed by atoms with Crippen molar-refractivity contribution in [3.8, 4) is 5.75 Å². The highest BCUT2D eigenvalue weighted by atomic mass is 19.1. The van der Waals surface area contributed by atoms with Crippen LogP contribution in [0.2, 0.25) is 0 Å². The van der Waals surface area contributed by atoms with Crippen LogP contribution in [0, 0.1) is 11.7 Å². The highest BCUT2D eigenvalue weighted by Gasteiger charge is 2.30. The Morgan fingerprint density at radius 1 is 0.971 bits per heavy atom. The van der Waals surface area contributed by atoms with Crippen LogP contribution in [0.25, 0.3) is 0 Å². The highest BCUT2D eigenvalue weighted by molar-refractivity contribution is 5.92. The summed E-state index contributed by atoms with van der Waals surface area (Å²) in [5, 5.41) is 4.51. The number of anilines is 1. The first-order valence-electron chi connectivity index (χ1n) is 12.7. The van der Waals surface area contributed by atoms with Gasteiger partial charge in [0.05, 0.1) is 18.5 Å². The number of oxime groups is 1. The van der Waals surface area contributed by atoms with E-state index in [4.69, 9.17) is 9.57 Å². The third kappa shape index (κ3) is 5.90. The van der Waals surface area contributed by atoms with Crippen LogP contribution in [-0.2, 0) is 4.84 Å². The largest absolute Gasteiger partial charge is 0.495 e. The van der Waals surface area contributed by atoms with E-state index in [0.717, 1.165) is 74.7 Å². The average Bonchev–Trinajstić information content (AvgIpc) is 2.90. The molecule has 4 rings (SSSR count). The summed E-state index contributed by atoms with van der Waals surface area (Å²) in [4.78, 5) is 10.2. The quantitative estimate of drug-likeness (QED) is 0.350. The summed E-state index contributed by atoms with van der Waals surface area (Å²) >= 11 is 0. The molecule has 1 aliphatic heterocycles. The number of ether oxygens (including phenoxy) is 1. The van der Waals surface area contributed by atoms with Gasteiger partial charge in [0, 0.05) is 38.0 Å². The van der Waals surface area contributed by atoms with Gasteiger partial charge in [-0.1, -0.05) is 54.8 Å². The molecule has 184 valence electrons. The molecule has 0 N–H and O–H groups in total. The summed E-state index contributed by atoms with van der Waals surface area (Å²) in [5.74, 6) is 1.09. The molecule has 1 aliphatic carbocycles. The molecule has 2 aliphatic rings. The Morgan fingerprint density at radius 2 is 1.68 bits per heavy atom. The molecule has 1 saturated heterocycles. The maximum Gasteiger partial charge on any atom is 0.142 e. The number of benzene rings is 2. The zero-order chi connectivity index (χ0) is 23.8. The van der Waals surface area contributed by atoms with Crippen molar-refractivity contribution in [3.05, 3.63) is 59.9 Å². The van der Waals surface area contributed by atoms with Crippen LogP contribution in [0.15, 0.2) is 53.7 Å². The molecule has 34 heavy (non-hydrogen) atoms.